The molecule has 1 aliphatic rings. The monoisotopic (exact) mass is 346 g/mol. The van der Waals surface area contributed by atoms with Gasteiger partial charge in [0, 0.05) is 24.8 Å². The second-order valence-electron chi connectivity index (χ2n) is 6.69. The van der Waals surface area contributed by atoms with Crippen molar-refractivity contribution in [1.82, 2.24) is 30.1 Å². The number of piperidine rings is 1. The van der Waals surface area contributed by atoms with E-state index in [1.54, 1.807) is 4.90 Å². The second-order valence-corrected chi connectivity index (χ2v) is 6.69. The van der Waals surface area contributed by atoms with Crippen LogP contribution in [0.25, 0.3) is 0 Å². The molecule has 8 heteroatoms. The molecule has 0 aromatic carbocycles. The van der Waals surface area contributed by atoms with E-state index in [2.05, 4.69) is 34.4 Å². The molecule has 0 radical (unpaired) electrons. The smallest absolute Gasteiger partial charge is 0.227 e. The zero-order valence-corrected chi connectivity index (χ0v) is 15.1. The number of β-amino-alcohol motifs (C(OH)–C–C–N with tert-alkyl or cyclic N) is 1. The second kappa shape index (κ2) is 6.95. The molecule has 1 aliphatic heterocycles. The summed E-state index contributed by atoms with van der Waals surface area (Å²) in [5.41, 5.74) is 2.49. The molecule has 2 aromatic heterocycles. The van der Waals surface area contributed by atoms with Gasteiger partial charge in [-0.05, 0) is 25.7 Å². The van der Waals surface area contributed by atoms with Gasteiger partial charge in [0.2, 0.25) is 5.91 Å². The first kappa shape index (κ1) is 17.6. The molecule has 1 atom stereocenters. The molecule has 136 valence electrons. The van der Waals surface area contributed by atoms with Gasteiger partial charge >= 0.3 is 0 Å². The molecule has 1 fully saturated rings. The van der Waals surface area contributed by atoms with Gasteiger partial charge in [-0.25, -0.2) is 0 Å². The molecule has 0 spiro atoms. The number of nitrogens with zero attached hydrogens (tertiary/aromatic N) is 5. The van der Waals surface area contributed by atoms with E-state index >= 15 is 0 Å². The van der Waals surface area contributed by atoms with Crippen LogP contribution in [-0.2, 0) is 36.7 Å². The topological polar surface area (TPSA) is 99.9 Å². The van der Waals surface area contributed by atoms with Gasteiger partial charge in [-0.15, -0.1) is 0 Å². The van der Waals surface area contributed by atoms with Crippen molar-refractivity contribution in [2.24, 2.45) is 7.05 Å². The van der Waals surface area contributed by atoms with E-state index in [4.69, 9.17) is 0 Å². The first-order chi connectivity index (χ1) is 12.0. The summed E-state index contributed by atoms with van der Waals surface area (Å²) < 4.78 is 1.88. The summed E-state index contributed by atoms with van der Waals surface area (Å²) >= 11 is 0. The number of aromatic amines is 1. The van der Waals surface area contributed by atoms with Crippen LogP contribution < -0.4 is 0 Å². The number of aryl methyl sites for hydroxylation is 2. The third kappa shape index (κ3) is 3.30. The van der Waals surface area contributed by atoms with Gasteiger partial charge in [-0.1, -0.05) is 13.8 Å². The highest BCUT2D eigenvalue weighted by Gasteiger charge is 2.39. The number of likely N-dealkylation sites (tertiary alicyclic amines) is 1. The van der Waals surface area contributed by atoms with Crippen molar-refractivity contribution >= 4 is 5.91 Å². The van der Waals surface area contributed by atoms with Crippen molar-refractivity contribution in [1.29, 1.82) is 0 Å². The molecule has 8 nitrogen and oxygen atoms in total. The lowest BCUT2D eigenvalue weighted by Gasteiger charge is -2.38. The summed E-state index contributed by atoms with van der Waals surface area (Å²) in [5.74, 6) is 0.0269. The highest BCUT2D eigenvalue weighted by atomic mass is 16.3. The summed E-state index contributed by atoms with van der Waals surface area (Å²) in [6, 6.07) is 0. The van der Waals surface area contributed by atoms with Crippen molar-refractivity contribution in [3.05, 3.63) is 28.8 Å². The Kier molecular flexibility index (Phi) is 4.89. The van der Waals surface area contributed by atoms with E-state index in [1.807, 2.05) is 11.7 Å². The third-order valence-corrected chi connectivity index (χ3v) is 5.07. The molecular weight excluding hydrogens is 320 g/mol. The molecule has 3 rings (SSSR count). The SMILES string of the molecule is CCc1nn(C)c(CC)c1CC(=O)N1CCCC(O)(c2cn[nH]n2)C1. The molecule has 3 heterocycles. The molecule has 0 bridgehead atoms. The summed E-state index contributed by atoms with van der Waals surface area (Å²) in [7, 11) is 1.93. The fraction of sp³-hybridized carbons (Fsp3) is 0.647. The molecule has 2 aromatic rings. The standard InChI is InChI=1S/C17H26N6O2/c1-4-13-12(14(5-2)22(3)20-13)9-16(24)23-8-6-7-17(25,11-23)15-10-18-21-19-15/h10,25H,4-9,11H2,1-3H3,(H,18,19,21). The van der Waals surface area contributed by atoms with Crippen molar-refractivity contribution in [3.63, 3.8) is 0 Å². The van der Waals surface area contributed by atoms with Crippen LogP contribution in [0.3, 0.4) is 0 Å². The van der Waals surface area contributed by atoms with Crippen LogP contribution in [0.1, 0.15) is 49.3 Å². The minimum atomic E-state index is -1.13. The van der Waals surface area contributed by atoms with Crippen LogP contribution in [-0.4, -0.2) is 54.2 Å². The van der Waals surface area contributed by atoms with Crippen molar-refractivity contribution < 1.29 is 9.90 Å². The number of rotatable bonds is 5. The van der Waals surface area contributed by atoms with Gasteiger partial charge in [0.25, 0.3) is 0 Å². The Morgan fingerprint density at radius 2 is 2.20 bits per heavy atom. The Labute approximate surface area is 147 Å². The average molecular weight is 346 g/mol. The van der Waals surface area contributed by atoms with Gasteiger partial charge < -0.3 is 10.0 Å². The van der Waals surface area contributed by atoms with Crippen LogP contribution in [0, 0.1) is 0 Å². The Balaban J connectivity index is 1.78. The molecule has 1 amide bonds. The van der Waals surface area contributed by atoms with Gasteiger partial charge in [0.1, 0.15) is 11.3 Å². The number of carbonyl (C=O) groups excluding carboxylic acids is 1. The van der Waals surface area contributed by atoms with E-state index in [9.17, 15) is 9.90 Å². The third-order valence-electron chi connectivity index (χ3n) is 5.07. The minimum Gasteiger partial charge on any atom is -0.382 e. The highest BCUT2D eigenvalue weighted by Crippen LogP contribution is 2.30. The molecule has 2 N–H and O–H groups in total. The number of hydrogen-bond acceptors (Lipinski definition) is 5. The van der Waals surface area contributed by atoms with Gasteiger partial charge in [-0.3, -0.25) is 9.48 Å². The number of nitrogens with one attached hydrogen (secondary N) is 1. The van der Waals surface area contributed by atoms with Crippen LogP contribution >= 0.6 is 0 Å². The summed E-state index contributed by atoms with van der Waals surface area (Å²) in [5, 5.41) is 25.8. The number of aromatic nitrogens is 5. The van der Waals surface area contributed by atoms with E-state index < -0.39 is 5.60 Å². The molecule has 25 heavy (non-hydrogen) atoms. The Bertz CT molecular complexity index is 739. The average Bonchev–Trinajstić information content (AvgIpc) is 3.23. The van der Waals surface area contributed by atoms with E-state index in [0.717, 1.165) is 36.2 Å². The van der Waals surface area contributed by atoms with E-state index in [-0.39, 0.29) is 12.5 Å². The molecule has 1 unspecified atom stereocenters. The van der Waals surface area contributed by atoms with E-state index in [0.29, 0.717) is 25.1 Å². The maximum absolute atomic E-state index is 12.9. The number of H-pyrrole nitrogens is 1. The zero-order chi connectivity index (χ0) is 18.0. The lowest BCUT2D eigenvalue weighted by Crippen LogP contribution is -2.49. The van der Waals surface area contributed by atoms with Crippen LogP contribution in [0.2, 0.25) is 0 Å². The molecule has 1 saturated heterocycles. The van der Waals surface area contributed by atoms with Crippen molar-refractivity contribution in [2.75, 3.05) is 13.1 Å². The van der Waals surface area contributed by atoms with E-state index in [1.165, 1.54) is 6.20 Å². The Morgan fingerprint density at radius 1 is 1.40 bits per heavy atom. The molecular formula is C17H26N6O2. The van der Waals surface area contributed by atoms with Gasteiger partial charge in [-0.2, -0.15) is 20.5 Å². The van der Waals surface area contributed by atoms with Crippen LogP contribution in [0.5, 0.6) is 0 Å². The zero-order valence-electron chi connectivity index (χ0n) is 15.1. The number of carbonyl (C=O) groups is 1. The Morgan fingerprint density at radius 3 is 2.84 bits per heavy atom. The fourth-order valence-electron chi connectivity index (χ4n) is 3.74. The predicted octanol–water partition coefficient (Wildman–Crippen LogP) is 0.716. The minimum absolute atomic E-state index is 0.0269. The lowest BCUT2D eigenvalue weighted by atomic mass is 9.89. The number of aliphatic hydroxyl groups is 1. The van der Waals surface area contributed by atoms with Crippen LogP contribution in [0.15, 0.2) is 6.20 Å². The van der Waals surface area contributed by atoms with Gasteiger partial charge in [0.05, 0.1) is 24.9 Å². The predicted molar refractivity (Wildman–Crippen MR) is 91.8 cm³/mol. The quantitative estimate of drug-likeness (QED) is 0.831. The lowest BCUT2D eigenvalue weighted by molar-refractivity contribution is -0.138. The summed E-state index contributed by atoms with van der Waals surface area (Å²) in [6.07, 6.45) is 4.82. The summed E-state index contributed by atoms with van der Waals surface area (Å²) in [4.78, 5) is 14.6. The fourth-order valence-corrected chi connectivity index (χ4v) is 3.74. The summed E-state index contributed by atoms with van der Waals surface area (Å²) in [6.45, 7) is 5.04. The Hall–Kier alpha value is -2.22. The molecule has 0 aliphatic carbocycles. The maximum Gasteiger partial charge on any atom is 0.227 e. The normalized spacial score (nSPS) is 20.9. The first-order valence-corrected chi connectivity index (χ1v) is 8.88. The molecule has 0 saturated carbocycles. The number of amides is 1. The van der Waals surface area contributed by atoms with Crippen LogP contribution in [0.4, 0.5) is 0 Å². The largest absolute Gasteiger partial charge is 0.382 e. The maximum atomic E-state index is 12.9. The van der Waals surface area contributed by atoms with Crippen molar-refractivity contribution in [3.8, 4) is 0 Å². The first-order valence-electron chi connectivity index (χ1n) is 8.88. The van der Waals surface area contributed by atoms with Gasteiger partial charge in [0.15, 0.2) is 0 Å². The van der Waals surface area contributed by atoms with Crippen molar-refractivity contribution in [2.45, 2.75) is 51.6 Å². The number of hydrogen-bond donors (Lipinski definition) is 2. The highest BCUT2D eigenvalue weighted by molar-refractivity contribution is 5.79.